The third kappa shape index (κ3) is 15.3. The van der Waals surface area contributed by atoms with E-state index in [2.05, 4.69) is 17.2 Å². The molecule has 0 aliphatic carbocycles. The standard InChI is InChI=1S/C18H36N2O2/c1-2-3-4-12-15-18(20-22)16-13-10-8-6-5-7-9-11-14-17-19-21/h17,21-22H,2-16H2,1H3. The lowest BCUT2D eigenvalue weighted by molar-refractivity contribution is 0.315. The lowest BCUT2D eigenvalue weighted by atomic mass is 10.0. The predicted octanol–water partition coefficient (Wildman–Crippen LogP) is 6.15. The fourth-order valence-electron chi connectivity index (χ4n) is 2.66. The highest BCUT2D eigenvalue weighted by atomic mass is 16.4. The van der Waals surface area contributed by atoms with Crippen molar-refractivity contribution in [2.75, 3.05) is 0 Å². The number of nitrogens with zero attached hydrogens (tertiary/aromatic N) is 2. The third-order valence-corrected chi connectivity index (χ3v) is 4.09. The van der Waals surface area contributed by atoms with Gasteiger partial charge in [0.1, 0.15) is 0 Å². The maximum absolute atomic E-state index is 9.01. The van der Waals surface area contributed by atoms with Crippen LogP contribution in [-0.4, -0.2) is 22.3 Å². The molecular formula is C18H36N2O2. The molecular weight excluding hydrogens is 276 g/mol. The van der Waals surface area contributed by atoms with E-state index in [1.165, 1.54) is 57.8 Å². The van der Waals surface area contributed by atoms with Gasteiger partial charge in [-0.2, -0.15) is 0 Å². The van der Waals surface area contributed by atoms with E-state index in [-0.39, 0.29) is 0 Å². The zero-order valence-corrected chi connectivity index (χ0v) is 14.5. The molecule has 130 valence electrons. The van der Waals surface area contributed by atoms with Crippen molar-refractivity contribution in [2.45, 2.75) is 103 Å². The fraction of sp³-hybridized carbons (Fsp3) is 0.889. The van der Waals surface area contributed by atoms with Crippen molar-refractivity contribution in [3.63, 3.8) is 0 Å². The highest BCUT2D eigenvalue weighted by molar-refractivity contribution is 5.83. The van der Waals surface area contributed by atoms with Crippen LogP contribution in [0.2, 0.25) is 0 Å². The molecule has 0 saturated heterocycles. The van der Waals surface area contributed by atoms with Crippen LogP contribution >= 0.6 is 0 Å². The summed E-state index contributed by atoms with van der Waals surface area (Å²) in [7, 11) is 0. The zero-order chi connectivity index (χ0) is 16.3. The van der Waals surface area contributed by atoms with Crippen molar-refractivity contribution >= 4 is 11.9 Å². The van der Waals surface area contributed by atoms with Gasteiger partial charge in [-0.15, -0.1) is 5.16 Å². The molecule has 22 heavy (non-hydrogen) atoms. The molecule has 0 rings (SSSR count). The van der Waals surface area contributed by atoms with Crippen LogP contribution in [0.5, 0.6) is 0 Å². The average Bonchev–Trinajstić information content (AvgIpc) is 2.54. The number of oxime groups is 2. The molecule has 0 aliphatic heterocycles. The fourth-order valence-corrected chi connectivity index (χ4v) is 2.66. The summed E-state index contributed by atoms with van der Waals surface area (Å²) in [5.41, 5.74) is 0.988. The smallest absolute Gasteiger partial charge is 0.0570 e. The maximum Gasteiger partial charge on any atom is 0.0570 e. The van der Waals surface area contributed by atoms with Gasteiger partial charge in [-0.3, -0.25) is 0 Å². The topological polar surface area (TPSA) is 65.2 Å². The van der Waals surface area contributed by atoms with Crippen molar-refractivity contribution < 1.29 is 10.4 Å². The molecule has 0 unspecified atom stereocenters. The average molecular weight is 312 g/mol. The molecule has 0 atom stereocenters. The van der Waals surface area contributed by atoms with Crippen molar-refractivity contribution in [3.05, 3.63) is 0 Å². The van der Waals surface area contributed by atoms with E-state index < -0.39 is 0 Å². The van der Waals surface area contributed by atoms with E-state index in [0.29, 0.717) is 0 Å². The van der Waals surface area contributed by atoms with Gasteiger partial charge in [-0.25, -0.2) is 0 Å². The van der Waals surface area contributed by atoms with Gasteiger partial charge in [0, 0.05) is 6.21 Å². The van der Waals surface area contributed by atoms with E-state index in [1.54, 1.807) is 6.21 Å². The third-order valence-electron chi connectivity index (χ3n) is 4.09. The lowest BCUT2D eigenvalue weighted by Crippen LogP contribution is -1.99. The SMILES string of the molecule is CCCCCCC(CCCCCCCCCCC=NO)=NO. The van der Waals surface area contributed by atoms with Crippen LogP contribution in [0.1, 0.15) is 103 Å². The molecule has 0 spiro atoms. The van der Waals surface area contributed by atoms with Crippen LogP contribution in [0.3, 0.4) is 0 Å². The van der Waals surface area contributed by atoms with Gasteiger partial charge in [0.15, 0.2) is 0 Å². The maximum atomic E-state index is 9.01. The molecule has 0 aromatic carbocycles. The Hall–Kier alpha value is -1.06. The molecule has 0 fully saturated rings. The Balaban J connectivity index is 3.29. The van der Waals surface area contributed by atoms with Crippen molar-refractivity contribution in [1.82, 2.24) is 0 Å². The number of rotatable bonds is 16. The minimum Gasteiger partial charge on any atom is -0.411 e. The highest BCUT2D eigenvalue weighted by Gasteiger charge is 2.01. The molecule has 0 aliphatic rings. The Morgan fingerprint density at radius 1 is 0.727 bits per heavy atom. The molecule has 0 aromatic heterocycles. The summed E-state index contributed by atoms with van der Waals surface area (Å²) in [6.07, 6.45) is 19.2. The van der Waals surface area contributed by atoms with Crippen LogP contribution < -0.4 is 0 Å². The first-order chi connectivity index (χ1) is 10.8. The zero-order valence-electron chi connectivity index (χ0n) is 14.5. The first-order valence-electron chi connectivity index (χ1n) is 9.20. The van der Waals surface area contributed by atoms with Crippen LogP contribution in [0.15, 0.2) is 10.3 Å². The summed E-state index contributed by atoms with van der Waals surface area (Å²) in [4.78, 5) is 0. The second-order valence-corrected chi connectivity index (χ2v) is 6.14. The Morgan fingerprint density at radius 3 is 1.73 bits per heavy atom. The Bertz CT molecular complexity index is 278. The molecule has 2 N–H and O–H groups in total. The van der Waals surface area contributed by atoms with E-state index >= 15 is 0 Å². The van der Waals surface area contributed by atoms with E-state index in [1.807, 2.05) is 0 Å². The highest BCUT2D eigenvalue weighted by Crippen LogP contribution is 2.12. The van der Waals surface area contributed by atoms with Gasteiger partial charge >= 0.3 is 0 Å². The minimum absolute atomic E-state index is 0.887. The van der Waals surface area contributed by atoms with Crippen molar-refractivity contribution in [1.29, 1.82) is 0 Å². The summed E-state index contributed by atoms with van der Waals surface area (Å²) < 4.78 is 0. The molecule has 4 nitrogen and oxygen atoms in total. The summed E-state index contributed by atoms with van der Waals surface area (Å²) >= 11 is 0. The molecule has 4 heteroatoms. The number of hydrogen-bond acceptors (Lipinski definition) is 4. The first kappa shape index (κ1) is 20.9. The summed E-state index contributed by atoms with van der Waals surface area (Å²) in [6.45, 7) is 2.21. The first-order valence-corrected chi connectivity index (χ1v) is 9.20. The van der Waals surface area contributed by atoms with E-state index in [0.717, 1.165) is 44.2 Å². The molecule has 0 bridgehead atoms. The van der Waals surface area contributed by atoms with Crippen LogP contribution in [0, 0.1) is 0 Å². The molecule has 0 aromatic rings. The van der Waals surface area contributed by atoms with Crippen molar-refractivity contribution in [3.8, 4) is 0 Å². The van der Waals surface area contributed by atoms with Gasteiger partial charge in [0.2, 0.25) is 0 Å². The normalized spacial score (nSPS) is 12.3. The lowest BCUT2D eigenvalue weighted by Gasteiger charge is -2.05. The molecule has 0 saturated carbocycles. The molecule has 0 amide bonds. The summed E-state index contributed by atoms with van der Waals surface area (Å²) in [5.74, 6) is 0. The van der Waals surface area contributed by atoms with Gasteiger partial charge in [-0.05, 0) is 38.5 Å². The van der Waals surface area contributed by atoms with Gasteiger partial charge in [0.25, 0.3) is 0 Å². The summed E-state index contributed by atoms with van der Waals surface area (Å²) in [6, 6.07) is 0. The van der Waals surface area contributed by atoms with Crippen LogP contribution in [0.25, 0.3) is 0 Å². The summed E-state index contributed by atoms with van der Waals surface area (Å²) in [5, 5.41) is 23.7. The van der Waals surface area contributed by atoms with Crippen LogP contribution in [-0.2, 0) is 0 Å². The van der Waals surface area contributed by atoms with Crippen LogP contribution in [0.4, 0.5) is 0 Å². The van der Waals surface area contributed by atoms with Gasteiger partial charge < -0.3 is 10.4 Å². The molecule has 0 heterocycles. The van der Waals surface area contributed by atoms with E-state index in [4.69, 9.17) is 10.4 Å². The number of unbranched alkanes of at least 4 members (excludes halogenated alkanes) is 11. The largest absolute Gasteiger partial charge is 0.411 e. The minimum atomic E-state index is 0.887. The Labute approximate surface area is 136 Å². The van der Waals surface area contributed by atoms with Gasteiger partial charge in [0.05, 0.1) is 5.71 Å². The molecule has 0 radical (unpaired) electrons. The second kappa shape index (κ2) is 18.0. The second-order valence-electron chi connectivity index (χ2n) is 6.14. The van der Waals surface area contributed by atoms with Crippen molar-refractivity contribution in [2.24, 2.45) is 10.3 Å². The predicted molar refractivity (Wildman–Crippen MR) is 94.4 cm³/mol. The van der Waals surface area contributed by atoms with Gasteiger partial charge in [-0.1, -0.05) is 69.9 Å². The number of hydrogen-bond donors (Lipinski definition) is 2. The quantitative estimate of drug-likeness (QED) is 0.155. The monoisotopic (exact) mass is 312 g/mol. The Kier molecular flexibility index (Phi) is 17.1. The Morgan fingerprint density at radius 2 is 1.23 bits per heavy atom. The van der Waals surface area contributed by atoms with E-state index in [9.17, 15) is 0 Å².